The lowest BCUT2D eigenvalue weighted by Crippen LogP contribution is -2.20. The van der Waals surface area contributed by atoms with Crippen LogP contribution in [0.15, 0.2) is 76.3 Å². The maximum absolute atomic E-state index is 12.0. The highest BCUT2D eigenvalue weighted by atomic mass is 79.9. The van der Waals surface area contributed by atoms with Crippen molar-refractivity contribution < 1.29 is 14.3 Å². The molecule has 0 unspecified atom stereocenters. The fraction of sp³-hybridized carbons (Fsp3) is 0.160. The predicted octanol–water partition coefficient (Wildman–Crippen LogP) is 5.86. The van der Waals surface area contributed by atoms with Gasteiger partial charge in [-0.05, 0) is 75.9 Å². The summed E-state index contributed by atoms with van der Waals surface area (Å²) in [4.78, 5) is 24.0. The Kier molecular flexibility index (Phi) is 9.04. The third-order valence-corrected chi connectivity index (χ3v) is 5.54. The number of hydrazone groups is 1. The highest BCUT2D eigenvalue weighted by molar-refractivity contribution is 9.10. The predicted molar refractivity (Wildman–Crippen MR) is 135 cm³/mol. The van der Waals surface area contributed by atoms with E-state index < -0.39 is 0 Å². The van der Waals surface area contributed by atoms with Crippen LogP contribution >= 0.6 is 27.5 Å². The molecule has 33 heavy (non-hydrogen) atoms. The van der Waals surface area contributed by atoms with Crippen LogP contribution in [0.4, 0.5) is 5.69 Å². The second kappa shape index (κ2) is 12.2. The zero-order valence-corrected chi connectivity index (χ0v) is 20.3. The molecule has 0 radical (unpaired) electrons. The van der Waals surface area contributed by atoms with Gasteiger partial charge in [0.25, 0.3) is 0 Å². The van der Waals surface area contributed by atoms with E-state index in [1.165, 1.54) is 6.21 Å². The first kappa shape index (κ1) is 24.5. The molecule has 0 fully saturated rings. The first-order valence-corrected chi connectivity index (χ1v) is 11.4. The van der Waals surface area contributed by atoms with E-state index in [1.807, 2.05) is 73.7 Å². The van der Waals surface area contributed by atoms with Crippen LogP contribution in [0, 0.1) is 6.92 Å². The summed E-state index contributed by atoms with van der Waals surface area (Å²) < 4.78 is 6.59. The number of halogens is 2. The van der Waals surface area contributed by atoms with E-state index in [2.05, 4.69) is 31.8 Å². The molecule has 3 aromatic rings. The third kappa shape index (κ3) is 8.04. The van der Waals surface area contributed by atoms with Crippen molar-refractivity contribution in [2.24, 2.45) is 5.10 Å². The molecule has 3 rings (SSSR count). The van der Waals surface area contributed by atoms with Crippen LogP contribution in [-0.4, -0.2) is 18.0 Å². The molecule has 0 aromatic heterocycles. The highest BCUT2D eigenvalue weighted by Crippen LogP contribution is 2.26. The molecule has 2 N–H and O–H groups in total. The second-order valence-electron chi connectivity index (χ2n) is 7.26. The van der Waals surface area contributed by atoms with Crippen LogP contribution in [0.25, 0.3) is 0 Å². The lowest BCUT2D eigenvalue weighted by atomic mass is 10.2. The van der Waals surface area contributed by atoms with Gasteiger partial charge in [-0.15, -0.1) is 0 Å². The molecular weight excluding hydrogens is 506 g/mol. The minimum absolute atomic E-state index is 0.0379. The summed E-state index contributed by atoms with van der Waals surface area (Å²) in [7, 11) is 0. The van der Waals surface area contributed by atoms with Gasteiger partial charge in [-0.3, -0.25) is 9.59 Å². The average molecular weight is 529 g/mol. The summed E-state index contributed by atoms with van der Waals surface area (Å²) in [5.74, 6) is 0.125. The number of hydrogen-bond donors (Lipinski definition) is 2. The Labute approximate surface area is 206 Å². The number of nitrogens with one attached hydrogen (secondary N) is 2. The number of ether oxygens (including phenoxy) is 1. The molecule has 2 amide bonds. The summed E-state index contributed by atoms with van der Waals surface area (Å²) in [6.07, 6.45) is 1.64. The van der Waals surface area contributed by atoms with Crippen LogP contribution in [0.3, 0.4) is 0 Å². The number of carbonyl (C=O) groups excluding carboxylic acids is 2. The van der Waals surface area contributed by atoms with E-state index in [9.17, 15) is 9.59 Å². The SMILES string of the molecule is Cc1ccccc1NC(=O)CCC(=O)NN=Cc1ccc(OCc2ccc(Cl)cc2)c(Br)c1. The van der Waals surface area contributed by atoms with E-state index in [1.54, 1.807) is 0 Å². The maximum Gasteiger partial charge on any atom is 0.240 e. The molecular formula is C25H23BrClN3O3. The first-order chi connectivity index (χ1) is 15.9. The summed E-state index contributed by atoms with van der Waals surface area (Å²) in [5.41, 5.74) is 5.93. The normalized spacial score (nSPS) is 10.8. The van der Waals surface area contributed by atoms with Gasteiger partial charge in [0.2, 0.25) is 11.8 Å². The molecule has 0 spiro atoms. The van der Waals surface area contributed by atoms with Crippen molar-refractivity contribution in [3.05, 3.63) is 92.9 Å². The minimum atomic E-state index is -0.340. The maximum atomic E-state index is 12.0. The van der Waals surface area contributed by atoms with Crippen molar-refractivity contribution in [1.29, 1.82) is 0 Å². The summed E-state index contributed by atoms with van der Waals surface area (Å²) in [6, 6.07) is 20.4. The number of amides is 2. The van der Waals surface area contributed by atoms with Gasteiger partial charge in [0.1, 0.15) is 12.4 Å². The summed E-state index contributed by atoms with van der Waals surface area (Å²) >= 11 is 9.38. The zero-order valence-electron chi connectivity index (χ0n) is 18.0. The van der Waals surface area contributed by atoms with Gasteiger partial charge in [-0.1, -0.05) is 41.9 Å². The average Bonchev–Trinajstić information content (AvgIpc) is 2.80. The Morgan fingerprint density at radius 3 is 2.48 bits per heavy atom. The van der Waals surface area contributed by atoms with Gasteiger partial charge < -0.3 is 10.1 Å². The van der Waals surface area contributed by atoms with Crippen LogP contribution in [0.1, 0.15) is 29.5 Å². The molecule has 0 atom stereocenters. The van der Waals surface area contributed by atoms with Crippen molar-refractivity contribution in [2.45, 2.75) is 26.4 Å². The lowest BCUT2D eigenvalue weighted by molar-refractivity contribution is -0.124. The Morgan fingerprint density at radius 2 is 1.76 bits per heavy atom. The number of benzene rings is 3. The molecule has 170 valence electrons. The van der Waals surface area contributed by atoms with Gasteiger partial charge in [0.15, 0.2) is 0 Å². The zero-order chi connectivity index (χ0) is 23.6. The second-order valence-corrected chi connectivity index (χ2v) is 8.55. The van der Waals surface area contributed by atoms with Crippen molar-refractivity contribution in [1.82, 2.24) is 5.43 Å². The van der Waals surface area contributed by atoms with E-state index >= 15 is 0 Å². The molecule has 0 aliphatic heterocycles. The van der Waals surface area contributed by atoms with Gasteiger partial charge >= 0.3 is 0 Å². The van der Waals surface area contributed by atoms with Gasteiger partial charge in [0.05, 0.1) is 10.7 Å². The van der Waals surface area contributed by atoms with Gasteiger partial charge in [-0.2, -0.15) is 5.10 Å². The number of anilines is 1. The van der Waals surface area contributed by atoms with E-state index in [0.29, 0.717) is 17.4 Å². The molecule has 0 aliphatic carbocycles. The Hall–Kier alpha value is -3.16. The topological polar surface area (TPSA) is 79.8 Å². The van der Waals surface area contributed by atoms with Crippen LogP contribution < -0.4 is 15.5 Å². The standard InChI is InChI=1S/C25H23BrClN3O3/c1-17-4-2-3-5-22(17)29-24(31)12-13-25(32)30-28-15-19-8-11-23(21(26)14-19)33-16-18-6-9-20(27)10-7-18/h2-11,14-15H,12-13,16H2,1H3,(H,29,31)(H,30,32). The van der Waals surface area contributed by atoms with Crippen LogP contribution in [0.2, 0.25) is 5.02 Å². The minimum Gasteiger partial charge on any atom is -0.488 e. The molecule has 0 saturated heterocycles. The van der Waals surface area contributed by atoms with Gasteiger partial charge in [-0.25, -0.2) is 5.43 Å². The van der Waals surface area contributed by atoms with E-state index in [4.69, 9.17) is 16.3 Å². The smallest absolute Gasteiger partial charge is 0.240 e. The molecule has 6 nitrogen and oxygen atoms in total. The number of aryl methyl sites for hydroxylation is 1. The first-order valence-electron chi connectivity index (χ1n) is 10.2. The fourth-order valence-electron chi connectivity index (χ4n) is 2.84. The number of para-hydroxylation sites is 1. The van der Waals surface area contributed by atoms with Crippen LogP contribution in [-0.2, 0) is 16.2 Å². The fourth-order valence-corrected chi connectivity index (χ4v) is 3.48. The Bertz CT molecular complexity index is 1150. The number of hydrogen-bond acceptors (Lipinski definition) is 4. The number of rotatable bonds is 9. The Balaban J connectivity index is 1.43. The molecule has 8 heteroatoms. The lowest BCUT2D eigenvalue weighted by Gasteiger charge is -2.09. The summed E-state index contributed by atoms with van der Waals surface area (Å²) in [5, 5.41) is 7.44. The van der Waals surface area contributed by atoms with Gasteiger partial charge in [0, 0.05) is 23.6 Å². The van der Waals surface area contributed by atoms with E-state index in [0.717, 1.165) is 26.9 Å². The highest BCUT2D eigenvalue weighted by Gasteiger charge is 2.08. The number of carbonyl (C=O) groups is 2. The molecule has 0 heterocycles. The molecule has 0 aliphatic rings. The largest absolute Gasteiger partial charge is 0.488 e. The number of nitrogens with zero attached hydrogens (tertiary/aromatic N) is 1. The third-order valence-electron chi connectivity index (χ3n) is 4.66. The molecule has 0 bridgehead atoms. The van der Waals surface area contributed by atoms with Crippen molar-refractivity contribution >= 4 is 51.2 Å². The van der Waals surface area contributed by atoms with E-state index in [-0.39, 0.29) is 24.7 Å². The van der Waals surface area contributed by atoms with Crippen molar-refractivity contribution in [2.75, 3.05) is 5.32 Å². The van der Waals surface area contributed by atoms with Crippen molar-refractivity contribution in [3.8, 4) is 5.75 Å². The van der Waals surface area contributed by atoms with Crippen molar-refractivity contribution in [3.63, 3.8) is 0 Å². The quantitative estimate of drug-likeness (QED) is 0.270. The molecule has 3 aromatic carbocycles. The summed E-state index contributed by atoms with van der Waals surface area (Å²) in [6.45, 7) is 2.32. The Morgan fingerprint density at radius 1 is 1.03 bits per heavy atom. The monoisotopic (exact) mass is 527 g/mol. The van der Waals surface area contributed by atoms with Crippen LogP contribution in [0.5, 0.6) is 5.75 Å². The molecule has 0 saturated carbocycles.